The molecule has 0 heterocycles. The molecule has 0 aromatic heterocycles. The van der Waals surface area contributed by atoms with E-state index < -0.39 is 6.29 Å². The molecule has 0 bridgehead atoms. The molecule has 0 saturated carbocycles. The fraction of sp³-hybridized carbons (Fsp3) is 0.100. The van der Waals surface area contributed by atoms with Crippen LogP contribution in [0, 0.1) is 0 Å². The first-order chi connectivity index (χ1) is 10.7. The molecule has 108 valence electrons. The molecule has 2 nitrogen and oxygen atoms in total. The van der Waals surface area contributed by atoms with Crippen LogP contribution in [-0.4, -0.2) is 16.5 Å². The molecular formula is C20H16O2. The second-order valence-electron chi connectivity index (χ2n) is 5.69. The largest absolute Gasteiger partial charge is 0.368 e. The lowest BCUT2D eigenvalue weighted by atomic mass is 9.94. The maximum Gasteiger partial charge on any atom is 0.155 e. The fourth-order valence-electron chi connectivity index (χ4n) is 3.25. The SMILES string of the molecule is OC(O)Cc1cccc2ccc3cc4ccccc4cc3c12. The van der Waals surface area contributed by atoms with Crippen molar-refractivity contribution in [3.05, 3.63) is 72.3 Å². The van der Waals surface area contributed by atoms with Crippen LogP contribution in [0.5, 0.6) is 0 Å². The molecule has 0 amide bonds. The van der Waals surface area contributed by atoms with Crippen molar-refractivity contribution in [2.75, 3.05) is 0 Å². The molecule has 0 aliphatic carbocycles. The molecular weight excluding hydrogens is 272 g/mol. The van der Waals surface area contributed by atoms with E-state index in [4.69, 9.17) is 0 Å². The number of fused-ring (bicyclic) bond motifs is 4. The maximum atomic E-state index is 9.36. The summed E-state index contributed by atoms with van der Waals surface area (Å²) < 4.78 is 0. The Labute approximate surface area is 128 Å². The summed E-state index contributed by atoms with van der Waals surface area (Å²) >= 11 is 0. The zero-order valence-electron chi connectivity index (χ0n) is 12.0. The van der Waals surface area contributed by atoms with Gasteiger partial charge >= 0.3 is 0 Å². The highest BCUT2D eigenvalue weighted by Gasteiger charge is 2.09. The lowest BCUT2D eigenvalue weighted by molar-refractivity contribution is -0.0379. The topological polar surface area (TPSA) is 40.5 Å². The van der Waals surface area contributed by atoms with Crippen molar-refractivity contribution in [1.82, 2.24) is 0 Å². The number of hydrogen-bond donors (Lipinski definition) is 2. The van der Waals surface area contributed by atoms with Crippen molar-refractivity contribution in [2.24, 2.45) is 0 Å². The molecule has 4 aromatic rings. The van der Waals surface area contributed by atoms with Gasteiger partial charge in [0.2, 0.25) is 0 Å². The Bertz CT molecular complexity index is 987. The van der Waals surface area contributed by atoms with Gasteiger partial charge in [0.1, 0.15) is 0 Å². The van der Waals surface area contributed by atoms with Crippen molar-refractivity contribution >= 4 is 32.3 Å². The van der Waals surface area contributed by atoms with Crippen LogP contribution in [-0.2, 0) is 6.42 Å². The maximum absolute atomic E-state index is 9.36. The smallest absolute Gasteiger partial charge is 0.155 e. The fourth-order valence-corrected chi connectivity index (χ4v) is 3.25. The second kappa shape index (κ2) is 5.09. The minimum atomic E-state index is -1.33. The molecule has 0 fully saturated rings. The Kier molecular flexibility index (Phi) is 3.07. The average Bonchev–Trinajstić information content (AvgIpc) is 2.52. The van der Waals surface area contributed by atoms with Crippen molar-refractivity contribution in [2.45, 2.75) is 12.7 Å². The van der Waals surface area contributed by atoms with Gasteiger partial charge in [-0.25, -0.2) is 0 Å². The quantitative estimate of drug-likeness (QED) is 0.332. The van der Waals surface area contributed by atoms with Gasteiger partial charge in [-0.15, -0.1) is 0 Å². The van der Waals surface area contributed by atoms with E-state index in [9.17, 15) is 10.2 Å². The van der Waals surface area contributed by atoms with E-state index in [-0.39, 0.29) is 6.42 Å². The van der Waals surface area contributed by atoms with Gasteiger partial charge < -0.3 is 10.2 Å². The zero-order chi connectivity index (χ0) is 15.1. The molecule has 4 aromatic carbocycles. The first-order valence-corrected chi connectivity index (χ1v) is 7.41. The first-order valence-electron chi connectivity index (χ1n) is 7.41. The number of rotatable bonds is 2. The first kappa shape index (κ1) is 13.3. The van der Waals surface area contributed by atoms with E-state index in [1.807, 2.05) is 24.3 Å². The van der Waals surface area contributed by atoms with Crippen molar-refractivity contribution < 1.29 is 10.2 Å². The standard InChI is InChI=1S/C20H16O2/c21-19(22)12-17-7-3-6-13-8-9-16-10-14-4-1-2-5-15(14)11-18(16)20(13)17/h1-11,19,21-22H,12H2. The van der Waals surface area contributed by atoms with Gasteiger partial charge in [-0.3, -0.25) is 0 Å². The van der Waals surface area contributed by atoms with Gasteiger partial charge in [0, 0.05) is 6.42 Å². The lowest BCUT2D eigenvalue weighted by Crippen LogP contribution is -2.08. The predicted octanol–water partition coefficient (Wildman–Crippen LogP) is 4.00. The summed E-state index contributed by atoms with van der Waals surface area (Å²) in [6.07, 6.45) is -1.09. The normalized spacial score (nSPS) is 11.8. The van der Waals surface area contributed by atoms with E-state index in [2.05, 4.69) is 42.5 Å². The Balaban J connectivity index is 2.14. The Morgan fingerprint density at radius 1 is 0.682 bits per heavy atom. The Morgan fingerprint density at radius 2 is 1.36 bits per heavy atom. The molecule has 2 heteroatoms. The summed E-state index contributed by atoms with van der Waals surface area (Å²) in [5, 5.41) is 25.7. The Hall–Kier alpha value is -2.42. The molecule has 0 unspecified atom stereocenters. The van der Waals surface area contributed by atoms with Crippen LogP contribution in [0.1, 0.15) is 5.56 Å². The van der Waals surface area contributed by atoms with E-state index >= 15 is 0 Å². The highest BCUT2D eigenvalue weighted by molar-refractivity contribution is 6.13. The zero-order valence-corrected chi connectivity index (χ0v) is 12.0. The molecule has 0 saturated heterocycles. The second-order valence-corrected chi connectivity index (χ2v) is 5.69. The monoisotopic (exact) mass is 288 g/mol. The van der Waals surface area contributed by atoms with Crippen LogP contribution in [0.25, 0.3) is 32.3 Å². The third-order valence-corrected chi connectivity index (χ3v) is 4.22. The van der Waals surface area contributed by atoms with Gasteiger partial charge in [-0.1, -0.05) is 54.6 Å². The third-order valence-electron chi connectivity index (χ3n) is 4.22. The average molecular weight is 288 g/mol. The van der Waals surface area contributed by atoms with Gasteiger partial charge in [-0.05, 0) is 50.0 Å². The molecule has 0 spiro atoms. The summed E-state index contributed by atoms with van der Waals surface area (Å²) in [5.74, 6) is 0. The molecule has 2 N–H and O–H groups in total. The molecule has 22 heavy (non-hydrogen) atoms. The third kappa shape index (κ3) is 2.13. The van der Waals surface area contributed by atoms with Crippen LogP contribution in [0.3, 0.4) is 0 Å². The van der Waals surface area contributed by atoms with Gasteiger partial charge in [0.25, 0.3) is 0 Å². The molecule has 0 radical (unpaired) electrons. The van der Waals surface area contributed by atoms with Crippen LogP contribution in [0.4, 0.5) is 0 Å². The van der Waals surface area contributed by atoms with E-state index in [1.54, 1.807) is 0 Å². The summed E-state index contributed by atoms with van der Waals surface area (Å²) in [6, 6.07) is 22.9. The lowest BCUT2D eigenvalue weighted by Gasteiger charge is -2.12. The van der Waals surface area contributed by atoms with Gasteiger partial charge in [0.15, 0.2) is 6.29 Å². The minimum Gasteiger partial charge on any atom is -0.368 e. The highest BCUT2D eigenvalue weighted by Crippen LogP contribution is 2.32. The summed E-state index contributed by atoms with van der Waals surface area (Å²) in [4.78, 5) is 0. The molecule has 0 aliphatic heterocycles. The summed E-state index contributed by atoms with van der Waals surface area (Å²) in [7, 11) is 0. The molecule has 0 atom stereocenters. The predicted molar refractivity (Wildman–Crippen MR) is 90.9 cm³/mol. The molecule has 4 rings (SSSR count). The van der Waals surface area contributed by atoms with Crippen molar-refractivity contribution in [1.29, 1.82) is 0 Å². The number of benzene rings is 4. The van der Waals surface area contributed by atoms with Gasteiger partial charge in [-0.2, -0.15) is 0 Å². The van der Waals surface area contributed by atoms with Crippen LogP contribution in [0.15, 0.2) is 66.7 Å². The van der Waals surface area contributed by atoms with Crippen LogP contribution >= 0.6 is 0 Å². The van der Waals surface area contributed by atoms with Crippen LogP contribution in [0.2, 0.25) is 0 Å². The van der Waals surface area contributed by atoms with Gasteiger partial charge in [0.05, 0.1) is 0 Å². The minimum absolute atomic E-state index is 0.239. The van der Waals surface area contributed by atoms with E-state index in [0.717, 1.165) is 21.7 Å². The number of hydrogen-bond acceptors (Lipinski definition) is 2. The summed E-state index contributed by atoms with van der Waals surface area (Å²) in [6.45, 7) is 0. The van der Waals surface area contributed by atoms with Crippen molar-refractivity contribution in [3.8, 4) is 0 Å². The van der Waals surface area contributed by atoms with E-state index in [0.29, 0.717) is 0 Å². The van der Waals surface area contributed by atoms with E-state index in [1.165, 1.54) is 16.2 Å². The summed E-state index contributed by atoms with van der Waals surface area (Å²) in [5.41, 5.74) is 0.966. The number of aliphatic hydroxyl groups excluding tert-OH is 1. The molecule has 0 aliphatic rings. The van der Waals surface area contributed by atoms with Crippen LogP contribution < -0.4 is 0 Å². The number of aliphatic hydroxyl groups is 2. The Morgan fingerprint density at radius 3 is 2.14 bits per heavy atom. The highest BCUT2D eigenvalue weighted by atomic mass is 16.5. The van der Waals surface area contributed by atoms with Crippen molar-refractivity contribution in [3.63, 3.8) is 0 Å².